The Balaban J connectivity index is 2.42. The maximum absolute atomic E-state index is 12.8. The van der Waals surface area contributed by atoms with Crippen molar-refractivity contribution in [2.24, 2.45) is 0 Å². The van der Waals surface area contributed by atoms with Gasteiger partial charge in [-0.1, -0.05) is 13.0 Å². The zero-order chi connectivity index (χ0) is 12.7. The summed E-state index contributed by atoms with van der Waals surface area (Å²) >= 11 is 0. The highest BCUT2D eigenvalue weighted by Crippen LogP contribution is 2.02. The Morgan fingerprint density at radius 1 is 1.41 bits per heavy atom. The second-order valence-electron chi connectivity index (χ2n) is 3.41. The van der Waals surface area contributed by atoms with Crippen LogP contribution in [-0.2, 0) is 9.53 Å². The van der Waals surface area contributed by atoms with Crippen LogP contribution in [0.25, 0.3) is 0 Å². The number of hydrogen-bond donors (Lipinski definition) is 1. The van der Waals surface area contributed by atoms with E-state index in [1.807, 2.05) is 6.92 Å². The van der Waals surface area contributed by atoms with Gasteiger partial charge in [0.2, 0.25) is 0 Å². The van der Waals surface area contributed by atoms with Crippen molar-refractivity contribution in [2.75, 3.05) is 13.2 Å². The lowest BCUT2D eigenvalue weighted by atomic mass is 10.2. The van der Waals surface area contributed by atoms with Gasteiger partial charge in [-0.3, -0.25) is 9.59 Å². The van der Waals surface area contributed by atoms with Crippen LogP contribution >= 0.6 is 0 Å². The monoisotopic (exact) mass is 239 g/mol. The van der Waals surface area contributed by atoms with Crippen molar-refractivity contribution < 1.29 is 18.7 Å². The molecule has 0 unspecified atom stereocenters. The predicted octanol–water partition coefficient (Wildman–Crippen LogP) is 1.51. The predicted molar refractivity (Wildman–Crippen MR) is 60.0 cm³/mol. The first-order valence-corrected chi connectivity index (χ1v) is 5.33. The Bertz CT molecular complexity index is 406. The van der Waals surface area contributed by atoms with Crippen LogP contribution in [0, 0.1) is 5.82 Å². The zero-order valence-corrected chi connectivity index (χ0v) is 9.53. The highest BCUT2D eigenvalue weighted by Gasteiger charge is 2.08. The SMILES string of the molecule is CCCOC(=O)CNC(=O)c1cccc(F)c1. The van der Waals surface area contributed by atoms with E-state index in [0.717, 1.165) is 12.5 Å². The molecule has 0 radical (unpaired) electrons. The Labute approximate surface area is 98.8 Å². The largest absolute Gasteiger partial charge is 0.464 e. The van der Waals surface area contributed by atoms with Crippen molar-refractivity contribution >= 4 is 11.9 Å². The van der Waals surface area contributed by atoms with Gasteiger partial charge >= 0.3 is 5.97 Å². The molecule has 1 aromatic carbocycles. The molecular weight excluding hydrogens is 225 g/mol. The first-order valence-electron chi connectivity index (χ1n) is 5.33. The van der Waals surface area contributed by atoms with Gasteiger partial charge in [0.15, 0.2) is 0 Å². The summed E-state index contributed by atoms with van der Waals surface area (Å²) < 4.78 is 17.6. The summed E-state index contributed by atoms with van der Waals surface area (Å²) in [6.07, 6.45) is 0.726. The van der Waals surface area contributed by atoms with E-state index in [9.17, 15) is 14.0 Å². The van der Waals surface area contributed by atoms with Gasteiger partial charge in [-0.15, -0.1) is 0 Å². The third-order valence-electron chi connectivity index (χ3n) is 1.95. The van der Waals surface area contributed by atoms with Gasteiger partial charge in [0, 0.05) is 5.56 Å². The van der Waals surface area contributed by atoms with E-state index in [0.29, 0.717) is 6.61 Å². The van der Waals surface area contributed by atoms with Gasteiger partial charge in [-0.05, 0) is 24.6 Å². The van der Waals surface area contributed by atoms with E-state index in [1.165, 1.54) is 18.2 Å². The molecule has 5 heteroatoms. The van der Waals surface area contributed by atoms with Crippen molar-refractivity contribution in [1.29, 1.82) is 0 Å². The number of benzene rings is 1. The minimum absolute atomic E-state index is 0.174. The fraction of sp³-hybridized carbons (Fsp3) is 0.333. The number of halogens is 1. The normalized spacial score (nSPS) is 9.76. The first kappa shape index (κ1) is 13.2. The number of carbonyl (C=O) groups excluding carboxylic acids is 2. The van der Waals surface area contributed by atoms with E-state index in [1.54, 1.807) is 0 Å². The van der Waals surface area contributed by atoms with E-state index < -0.39 is 17.7 Å². The van der Waals surface area contributed by atoms with Crippen molar-refractivity contribution in [3.63, 3.8) is 0 Å². The topological polar surface area (TPSA) is 55.4 Å². The summed E-state index contributed by atoms with van der Waals surface area (Å²) in [5, 5.41) is 2.35. The molecule has 0 fully saturated rings. The Morgan fingerprint density at radius 3 is 2.82 bits per heavy atom. The van der Waals surface area contributed by atoms with Crippen LogP contribution in [0.3, 0.4) is 0 Å². The molecule has 4 nitrogen and oxygen atoms in total. The third kappa shape index (κ3) is 4.63. The standard InChI is InChI=1S/C12H14FNO3/c1-2-6-17-11(15)8-14-12(16)9-4-3-5-10(13)7-9/h3-5,7H,2,6,8H2,1H3,(H,14,16). The molecule has 0 atom stereocenters. The lowest BCUT2D eigenvalue weighted by molar-refractivity contribution is -0.142. The number of nitrogens with one attached hydrogen (secondary N) is 1. The molecule has 1 rings (SSSR count). The number of carbonyl (C=O) groups is 2. The van der Waals surface area contributed by atoms with E-state index in [-0.39, 0.29) is 12.1 Å². The van der Waals surface area contributed by atoms with Gasteiger partial charge < -0.3 is 10.1 Å². The van der Waals surface area contributed by atoms with Crippen LogP contribution in [0.5, 0.6) is 0 Å². The molecule has 1 amide bonds. The summed E-state index contributed by atoms with van der Waals surface area (Å²) in [5.74, 6) is -1.50. The minimum Gasteiger partial charge on any atom is -0.464 e. The molecule has 92 valence electrons. The second-order valence-corrected chi connectivity index (χ2v) is 3.41. The maximum Gasteiger partial charge on any atom is 0.325 e. The Hall–Kier alpha value is -1.91. The van der Waals surface area contributed by atoms with Crippen molar-refractivity contribution in [3.8, 4) is 0 Å². The average molecular weight is 239 g/mol. The molecule has 1 aromatic rings. The summed E-state index contributed by atoms with van der Waals surface area (Å²) in [5.41, 5.74) is 0.174. The molecule has 0 saturated carbocycles. The Kier molecular flexibility index (Phi) is 5.13. The highest BCUT2D eigenvalue weighted by atomic mass is 19.1. The van der Waals surface area contributed by atoms with Gasteiger partial charge in [0.25, 0.3) is 5.91 Å². The average Bonchev–Trinajstić information content (AvgIpc) is 2.33. The van der Waals surface area contributed by atoms with Crippen molar-refractivity contribution in [2.45, 2.75) is 13.3 Å². The molecule has 0 aliphatic rings. The summed E-state index contributed by atoms with van der Waals surface area (Å²) in [4.78, 5) is 22.6. The molecule has 0 aliphatic carbocycles. The molecule has 0 bridgehead atoms. The van der Waals surface area contributed by atoms with E-state index >= 15 is 0 Å². The number of amides is 1. The van der Waals surface area contributed by atoms with Crippen LogP contribution in [0.1, 0.15) is 23.7 Å². The van der Waals surface area contributed by atoms with E-state index in [4.69, 9.17) is 4.74 Å². The molecule has 0 aliphatic heterocycles. The number of hydrogen-bond acceptors (Lipinski definition) is 3. The molecule has 0 heterocycles. The van der Waals surface area contributed by atoms with Crippen LogP contribution in [0.4, 0.5) is 4.39 Å². The van der Waals surface area contributed by atoms with Crippen LogP contribution in [0.2, 0.25) is 0 Å². The quantitative estimate of drug-likeness (QED) is 0.792. The first-order chi connectivity index (χ1) is 8.13. The summed E-state index contributed by atoms with van der Waals surface area (Å²) in [7, 11) is 0. The molecular formula is C12H14FNO3. The fourth-order valence-electron chi connectivity index (χ4n) is 1.15. The van der Waals surface area contributed by atoms with Crippen molar-refractivity contribution in [3.05, 3.63) is 35.6 Å². The van der Waals surface area contributed by atoms with Gasteiger partial charge in [-0.2, -0.15) is 0 Å². The third-order valence-corrected chi connectivity index (χ3v) is 1.95. The molecule has 0 aromatic heterocycles. The number of ether oxygens (including phenoxy) is 1. The van der Waals surface area contributed by atoms with Crippen LogP contribution < -0.4 is 5.32 Å². The zero-order valence-electron chi connectivity index (χ0n) is 9.53. The summed E-state index contributed by atoms with van der Waals surface area (Å²) in [6.45, 7) is 1.99. The lowest BCUT2D eigenvalue weighted by Gasteiger charge is -2.05. The Morgan fingerprint density at radius 2 is 2.18 bits per heavy atom. The molecule has 17 heavy (non-hydrogen) atoms. The fourth-order valence-corrected chi connectivity index (χ4v) is 1.15. The second kappa shape index (κ2) is 6.62. The molecule has 1 N–H and O–H groups in total. The maximum atomic E-state index is 12.8. The number of esters is 1. The lowest BCUT2D eigenvalue weighted by Crippen LogP contribution is -2.30. The minimum atomic E-state index is -0.503. The molecule has 0 saturated heterocycles. The van der Waals surface area contributed by atoms with Crippen molar-refractivity contribution in [1.82, 2.24) is 5.32 Å². The smallest absolute Gasteiger partial charge is 0.325 e. The van der Waals surface area contributed by atoms with Crippen LogP contribution in [-0.4, -0.2) is 25.0 Å². The number of rotatable bonds is 5. The van der Waals surface area contributed by atoms with Gasteiger partial charge in [-0.25, -0.2) is 4.39 Å². The van der Waals surface area contributed by atoms with E-state index in [2.05, 4.69) is 5.32 Å². The highest BCUT2D eigenvalue weighted by molar-refractivity contribution is 5.95. The summed E-state index contributed by atoms with van der Waals surface area (Å²) in [6, 6.07) is 5.24. The molecule has 0 spiro atoms. The van der Waals surface area contributed by atoms with Gasteiger partial charge in [0.1, 0.15) is 12.4 Å². The van der Waals surface area contributed by atoms with Gasteiger partial charge in [0.05, 0.1) is 6.61 Å². The van der Waals surface area contributed by atoms with Crippen LogP contribution in [0.15, 0.2) is 24.3 Å².